The van der Waals surface area contributed by atoms with Gasteiger partial charge in [0.2, 0.25) is 5.95 Å². The zero-order valence-corrected chi connectivity index (χ0v) is 18.9. The highest BCUT2D eigenvalue weighted by atomic mass is 16.5. The van der Waals surface area contributed by atoms with E-state index in [1.165, 1.54) is 0 Å². The second kappa shape index (κ2) is 10.5. The maximum Gasteiger partial charge on any atom is 0.222 e. The van der Waals surface area contributed by atoms with E-state index < -0.39 is 0 Å². The van der Waals surface area contributed by atoms with Crippen molar-refractivity contribution in [3.63, 3.8) is 0 Å². The highest BCUT2D eigenvalue weighted by molar-refractivity contribution is 5.70. The van der Waals surface area contributed by atoms with Gasteiger partial charge in [0, 0.05) is 24.0 Å². The molecule has 168 valence electrons. The number of pyridine rings is 2. The van der Waals surface area contributed by atoms with Crippen LogP contribution in [0.1, 0.15) is 25.2 Å². The van der Waals surface area contributed by atoms with Crippen molar-refractivity contribution in [1.82, 2.24) is 19.9 Å². The fraction of sp³-hybridized carbons (Fsp3) is 0.231. The second-order valence-electron chi connectivity index (χ2n) is 8.17. The first kappa shape index (κ1) is 22.2. The lowest BCUT2D eigenvalue weighted by atomic mass is 10.1. The van der Waals surface area contributed by atoms with E-state index in [0.29, 0.717) is 37.1 Å². The molecule has 1 aromatic carbocycles. The summed E-state index contributed by atoms with van der Waals surface area (Å²) in [7, 11) is 0. The predicted molar refractivity (Wildman–Crippen MR) is 131 cm³/mol. The highest BCUT2D eigenvalue weighted by Gasteiger charge is 2.16. The van der Waals surface area contributed by atoms with Crippen molar-refractivity contribution < 1.29 is 4.74 Å². The van der Waals surface area contributed by atoms with Crippen LogP contribution in [-0.4, -0.2) is 26.5 Å². The van der Waals surface area contributed by atoms with Gasteiger partial charge in [-0.15, -0.1) is 0 Å². The summed E-state index contributed by atoms with van der Waals surface area (Å²) in [5, 5.41) is 0. The molecule has 3 heterocycles. The molecule has 3 aromatic heterocycles. The number of benzene rings is 1. The van der Waals surface area contributed by atoms with E-state index in [9.17, 15) is 0 Å². The SMILES string of the molecule is CC(C)COc1ccccc1-c1cc(N(Cc2ccccn2)Cc2ccccn2)nc(N)n1. The fourth-order valence-electron chi connectivity index (χ4n) is 3.41. The zero-order chi connectivity index (χ0) is 23.0. The lowest BCUT2D eigenvalue weighted by Crippen LogP contribution is -2.25. The lowest BCUT2D eigenvalue weighted by Gasteiger charge is -2.24. The Morgan fingerprint density at radius 2 is 1.48 bits per heavy atom. The van der Waals surface area contributed by atoms with Gasteiger partial charge in [0.1, 0.15) is 11.6 Å². The van der Waals surface area contributed by atoms with E-state index in [1.54, 1.807) is 12.4 Å². The lowest BCUT2D eigenvalue weighted by molar-refractivity contribution is 0.272. The van der Waals surface area contributed by atoms with Gasteiger partial charge in [-0.3, -0.25) is 9.97 Å². The summed E-state index contributed by atoms with van der Waals surface area (Å²) in [5.41, 5.74) is 9.61. The Kier molecular flexibility index (Phi) is 7.09. The van der Waals surface area contributed by atoms with Gasteiger partial charge in [-0.05, 0) is 42.3 Å². The van der Waals surface area contributed by atoms with Crippen LogP contribution in [0, 0.1) is 5.92 Å². The molecule has 0 saturated heterocycles. The fourth-order valence-corrected chi connectivity index (χ4v) is 3.41. The monoisotopic (exact) mass is 440 g/mol. The van der Waals surface area contributed by atoms with Crippen molar-refractivity contribution in [1.29, 1.82) is 0 Å². The minimum absolute atomic E-state index is 0.202. The Morgan fingerprint density at radius 1 is 0.848 bits per heavy atom. The molecular weight excluding hydrogens is 412 g/mol. The van der Waals surface area contributed by atoms with Crippen LogP contribution in [0.25, 0.3) is 11.3 Å². The molecule has 0 fully saturated rings. The molecule has 2 N–H and O–H groups in total. The largest absolute Gasteiger partial charge is 0.493 e. The minimum Gasteiger partial charge on any atom is -0.493 e. The normalized spacial score (nSPS) is 10.9. The number of nitrogens with two attached hydrogens (primary N) is 1. The van der Waals surface area contributed by atoms with Gasteiger partial charge < -0.3 is 15.4 Å². The van der Waals surface area contributed by atoms with Crippen LogP contribution < -0.4 is 15.4 Å². The smallest absolute Gasteiger partial charge is 0.222 e. The van der Waals surface area contributed by atoms with Crippen molar-refractivity contribution in [2.45, 2.75) is 26.9 Å². The van der Waals surface area contributed by atoms with Crippen LogP contribution in [0.4, 0.5) is 11.8 Å². The first-order valence-corrected chi connectivity index (χ1v) is 11.0. The molecule has 4 aromatic rings. The van der Waals surface area contributed by atoms with E-state index >= 15 is 0 Å². The maximum absolute atomic E-state index is 6.17. The van der Waals surface area contributed by atoms with Crippen LogP contribution >= 0.6 is 0 Å². The summed E-state index contributed by atoms with van der Waals surface area (Å²) >= 11 is 0. The number of aromatic nitrogens is 4. The number of rotatable bonds is 9. The van der Waals surface area contributed by atoms with Crippen LogP contribution in [-0.2, 0) is 13.1 Å². The topological polar surface area (TPSA) is 90.0 Å². The Morgan fingerprint density at radius 3 is 2.09 bits per heavy atom. The summed E-state index contributed by atoms with van der Waals surface area (Å²) in [6.45, 7) is 5.97. The first-order valence-electron chi connectivity index (χ1n) is 11.0. The van der Waals surface area contributed by atoms with Crippen molar-refractivity contribution in [3.05, 3.63) is 90.5 Å². The van der Waals surface area contributed by atoms with Crippen LogP contribution in [0.2, 0.25) is 0 Å². The Balaban J connectivity index is 1.71. The summed E-state index contributed by atoms with van der Waals surface area (Å²) in [5.74, 6) is 2.09. The zero-order valence-electron chi connectivity index (χ0n) is 18.9. The molecule has 0 aliphatic carbocycles. The van der Waals surface area contributed by atoms with Crippen molar-refractivity contribution >= 4 is 11.8 Å². The van der Waals surface area contributed by atoms with Gasteiger partial charge in [-0.2, -0.15) is 4.98 Å². The number of nitrogen functional groups attached to an aromatic ring is 1. The summed E-state index contributed by atoms with van der Waals surface area (Å²) < 4.78 is 6.05. The summed E-state index contributed by atoms with van der Waals surface area (Å²) in [6.07, 6.45) is 3.58. The van der Waals surface area contributed by atoms with Crippen LogP contribution in [0.3, 0.4) is 0 Å². The van der Waals surface area contributed by atoms with E-state index in [-0.39, 0.29) is 5.95 Å². The van der Waals surface area contributed by atoms with E-state index in [1.807, 2.05) is 66.7 Å². The minimum atomic E-state index is 0.202. The van der Waals surface area contributed by atoms with E-state index in [2.05, 4.69) is 38.7 Å². The molecule has 33 heavy (non-hydrogen) atoms. The molecule has 0 aliphatic heterocycles. The van der Waals surface area contributed by atoms with Crippen molar-refractivity contribution in [2.24, 2.45) is 5.92 Å². The van der Waals surface area contributed by atoms with Gasteiger partial charge in [0.05, 0.1) is 36.8 Å². The summed E-state index contributed by atoms with van der Waals surface area (Å²) in [4.78, 5) is 20.1. The van der Waals surface area contributed by atoms with Gasteiger partial charge in [0.15, 0.2) is 0 Å². The van der Waals surface area contributed by atoms with Gasteiger partial charge >= 0.3 is 0 Å². The second-order valence-corrected chi connectivity index (χ2v) is 8.17. The predicted octanol–water partition coefficient (Wildman–Crippen LogP) is 4.76. The number of hydrogen-bond donors (Lipinski definition) is 1. The number of para-hydroxylation sites is 1. The molecule has 0 bridgehead atoms. The number of anilines is 2. The van der Waals surface area contributed by atoms with Gasteiger partial charge in [-0.25, -0.2) is 4.98 Å². The van der Waals surface area contributed by atoms with Crippen molar-refractivity contribution in [3.8, 4) is 17.0 Å². The maximum atomic E-state index is 6.17. The average Bonchev–Trinajstić information content (AvgIpc) is 2.83. The molecule has 0 saturated carbocycles. The van der Waals surface area contributed by atoms with Crippen LogP contribution in [0.5, 0.6) is 5.75 Å². The Bertz CT molecular complexity index is 1130. The van der Waals surface area contributed by atoms with E-state index in [4.69, 9.17) is 10.5 Å². The average molecular weight is 441 g/mol. The number of hydrogen-bond acceptors (Lipinski definition) is 7. The highest BCUT2D eigenvalue weighted by Crippen LogP contribution is 2.31. The molecule has 0 spiro atoms. The van der Waals surface area contributed by atoms with Gasteiger partial charge in [-0.1, -0.05) is 38.1 Å². The molecule has 0 radical (unpaired) electrons. The molecule has 7 heteroatoms. The molecule has 0 amide bonds. The Labute approximate surface area is 194 Å². The van der Waals surface area contributed by atoms with Gasteiger partial charge in [0.25, 0.3) is 0 Å². The molecule has 0 unspecified atom stereocenters. The van der Waals surface area contributed by atoms with Crippen molar-refractivity contribution in [2.75, 3.05) is 17.2 Å². The molecule has 0 aliphatic rings. The standard InChI is InChI=1S/C26H28N6O/c1-19(2)18-33-24-12-4-3-11-22(24)23-15-25(31-26(27)30-23)32(16-20-9-5-7-13-28-20)17-21-10-6-8-14-29-21/h3-15,19H,16-18H2,1-2H3,(H2,27,30,31). The molecule has 4 rings (SSSR count). The summed E-state index contributed by atoms with van der Waals surface area (Å²) in [6, 6.07) is 21.6. The third kappa shape index (κ3) is 6.04. The first-order chi connectivity index (χ1) is 16.1. The molecular formula is C26H28N6O. The quantitative estimate of drug-likeness (QED) is 0.401. The third-order valence-corrected chi connectivity index (χ3v) is 4.95. The molecule has 0 atom stereocenters. The Hall–Kier alpha value is -4.00. The third-order valence-electron chi connectivity index (χ3n) is 4.95. The number of nitrogens with zero attached hydrogens (tertiary/aromatic N) is 5. The van der Waals surface area contributed by atoms with E-state index in [0.717, 1.165) is 22.7 Å². The van der Waals surface area contributed by atoms with Crippen LogP contribution in [0.15, 0.2) is 79.1 Å². The number of ether oxygens (including phenoxy) is 1. The molecule has 7 nitrogen and oxygen atoms in total.